The van der Waals surface area contributed by atoms with Gasteiger partial charge in [0.05, 0.1) is 5.52 Å². The minimum atomic E-state index is -0.253. The molecule has 1 aliphatic carbocycles. The predicted octanol–water partition coefficient (Wildman–Crippen LogP) is 3.09. The summed E-state index contributed by atoms with van der Waals surface area (Å²) in [5.74, 6) is -0.251. The summed E-state index contributed by atoms with van der Waals surface area (Å²) in [6.07, 6.45) is 10.5. The molecular weight excluding hydrogens is 328 g/mol. The zero-order valence-corrected chi connectivity index (χ0v) is 15.3. The van der Waals surface area contributed by atoms with Gasteiger partial charge in [0.1, 0.15) is 0 Å². The van der Waals surface area contributed by atoms with Gasteiger partial charge in [-0.15, -0.1) is 0 Å². The number of fused-ring (bicyclic) bond motifs is 1. The summed E-state index contributed by atoms with van der Waals surface area (Å²) in [6, 6.07) is 5.47. The van der Waals surface area contributed by atoms with Gasteiger partial charge in [0, 0.05) is 19.3 Å². The Morgan fingerprint density at radius 1 is 1.15 bits per heavy atom. The lowest BCUT2D eigenvalue weighted by Gasteiger charge is -2.12. The highest BCUT2D eigenvalue weighted by molar-refractivity contribution is 6.02. The summed E-state index contributed by atoms with van der Waals surface area (Å²) in [5.41, 5.74) is 2.35. The van der Waals surface area contributed by atoms with Gasteiger partial charge < -0.3 is 10.6 Å². The van der Waals surface area contributed by atoms with Gasteiger partial charge in [-0.1, -0.05) is 24.6 Å². The number of hydrogen-bond donors (Lipinski definition) is 2. The zero-order valence-electron chi connectivity index (χ0n) is 15.3. The molecule has 0 aliphatic heterocycles. The topological polar surface area (TPSA) is 75.5 Å². The molecule has 0 atom stereocenters. The molecule has 6 heteroatoms. The van der Waals surface area contributed by atoms with E-state index in [2.05, 4.69) is 21.7 Å². The Balaban J connectivity index is 1.73. The molecule has 0 saturated carbocycles. The molecule has 0 saturated heterocycles. The SMILES string of the molecule is CCCNC(=O)c1nc(C(=O)NCCC2=CCCCC2)n2ccccc12. The molecule has 2 aromatic heterocycles. The molecule has 0 spiro atoms. The number of hydrogen-bond acceptors (Lipinski definition) is 3. The third-order valence-electron chi connectivity index (χ3n) is 4.62. The first-order valence-electron chi connectivity index (χ1n) is 9.42. The van der Waals surface area contributed by atoms with Crippen LogP contribution in [0.1, 0.15) is 66.6 Å². The number of amides is 2. The number of carbonyl (C=O) groups excluding carboxylic acids is 2. The van der Waals surface area contributed by atoms with Crippen molar-refractivity contribution in [2.75, 3.05) is 13.1 Å². The van der Waals surface area contributed by atoms with Crippen LogP contribution in [-0.2, 0) is 0 Å². The fraction of sp³-hybridized carbons (Fsp3) is 0.450. The van der Waals surface area contributed by atoms with Crippen molar-refractivity contribution in [3.63, 3.8) is 0 Å². The van der Waals surface area contributed by atoms with Gasteiger partial charge in [0.15, 0.2) is 5.69 Å². The first-order chi connectivity index (χ1) is 12.7. The second-order valence-electron chi connectivity index (χ2n) is 6.61. The molecule has 0 fully saturated rings. The van der Waals surface area contributed by atoms with Gasteiger partial charge in [-0.3, -0.25) is 14.0 Å². The van der Waals surface area contributed by atoms with Crippen LogP contribution >= 0.6 is 0 Å². The Kier molecular flexibility index (Phi) is 6.04. The molecule has 26 heavy (non-hydrogen) atoms. The van der Waals surface area contributed by atoms with E-state index in [0.29, 0.717) is 24.3 Å². The van der Waals surface area contributed by atoms with Crippen LogP contribution in [0.4, 0.5) is 0 Å². The predicted molar refractivity (Wildman–Crippen MR) is 101 cm³/mol. The van der Waals surface area contributed by atoms with Gasteiger partial charge in [0.25, 0.3) is 11.8 Å². The maximum atomic E-state index is 12.6. The Hall–Kier alpha value is -2.63. The van der Waals surface area contributed by atoms with E-state index in [1.165, 1.54) is 18.4 Å². The number of aromatic nitrogens is 2. The van der Waals surface area contributed by atoms with Crippen molar-refractivity contribution in [2.24, 2.45) is 0 Å². The standard InChI is InChI=1S/C20H26N4O2/c1-2-12-21-19(25)17-16-10-6-7-14-24(16)18(23-17)20(26)22-13-11-15-8-4-3-5-9-15/h6-8,10,14H,2-5,9,11-13H2,1H3,(H,21,25)(H,22,26). The Bertz CT molecular complexity index is 822. The largest absolute Gasteiger partial charge is 0.351 e. The van der Waals surface area contributed by atoms with Crippen molar-refractivity contribution in [1.29, 1.82) is 0 Å². The van der Waals surface area contributed by atoms with Crippen LogP contribution in [-0.4, -0.2) is 34.3 Å². The quantitative estimate of drug-likeness (QED) is 0.750. The first kappa shape index (κ1) is 18.2. The van der Waals surface area contributed by atoms with E-state index in [0.717, 1.165) is 25.7 Å². The van der Waals surface area contributed by atoms with Crippen molar-refractivity contribution in [1.82, 2.24) is 20.0 Å². The van der Waals surface area contributed by atoms with Gasteiger partial charge in [-0.05, 0) is 50.7 Å². The molecule has 3 rings (SSSR count). The van der Waals surface area contributed by atoms with Crippen LogP contribution in [0.3, 0.4) is 0 Å². The summed E-state index contributed by atoms with van der Waals surface area (Å²) >= 11 is 0. The minimum absolute atomic E-state index is 0.248. The van der Waals surface area contributed by atoms with Crippen LogP contribution in [0, 0.1) is 0 Å². The number of nitrogens with zero attached hydrogens (tertiary/aromatic N) is 2. The van der Waals surface area contributed by atoms with E-state index >= 15 is 0 Å². The fourth-order valence-electron chi connectivity index (χ4n) is 3.23. The average molecular weight is 354 g/mol. The van der Waals surface area contributed by atoms with E-state index in [1.54, 1.807) is 16.7 Å². The molecular formula is C20H26N4O2. The van der Waals surface area contributed by atoms with Crippen molar-refractivity contribution in [2.45, 2.75) is 45.4 Å². The lowest BCUT2D eigenvalue weighted by molar-refractivity contribution is 0.0943. The second kappa shape index (κ2) is 8.65. The second-order valence-corrected chi connectivity index (χ2v) is 6.61. The molecule has 6 nitrogen and oxygen atoms in total. The van der Waals surface area contributed by atoms with Gasteiger partial charge in [0.2, 0.25) is 5.82 Å². The average Bonchev–Trinajstić information content (AvgIpc) is 3.07. The molecule has 2 N–H and O–H groups in total. The maximum Gasteiger partial charge on any atom is 0.287 e. The number of imidazole rings is 1. The molecule has 0 bridgehead atoms. The number of carbonyl (C=O) groups is 2. The van der Waals surface area contributed by atoms with E-state index in [1.807, 2.05) is 19.1 Å². The van der Waals surface area contributed by atoms with Crippen LogP contribution in [0.2, 0.25) is 0 Å². The molecule has 2 amide bonds. The van der Waals surface area contributed by atoms with E-state index in [4.69, 9.17) is 0 Å². The highest BCUT2D eigenvalue weighted by Crippen LogP contribution is 2.19. The summed E-state index contributed by atoms with van der Waals surface area (Å²) in [7, 11) is 0. The molecule has 0 unspecified atom stereocenters. The van der Waals surface area contributed by atoms with Crippen LogP contribution in [0.5, 0.6) is 0 Å². The lowest BCUT2D eigenvalue weighted by Crippen LogP contribution is -2.27. The molecule has 2 aromatic rings. The van der Waals surface area contributed by atoms with Crippen LogP contribution in [0.15, 0.2) is 36.0 Å². The minimum Gasteiger partial charge on any atom is -0.351 e. The Labute approximate surface area is 153 Å². The van der Waals surface area contributed by atoms with Gasteiger partial charge in [-0.25, -0.2) is 4.98 Å². The highest BCUT2D eigenvalue weighted by Gasteiger charge is 2.21. The summed E-state index contributed by atoms with van der Waals surface area (Å²) in [6.45, 7) is 3.16. The van der Waals surface area contributed by atoms with Crippen LogP contribution < -0.4 is 10.6 Å². The zero-order chi connectivity index (χ0) is 18.4. The molecule has 138 valence electrons. The first-order valence-corrected chi connectivity index (χ1v) is 9.42. The maximum absolute atomic E-state index is 12.6. The third kappa shape index (κ3) is 4.12. The highest BCUT2D eigenvalue weighted by atomic mass is 16.2. The molecule has 0 radical (unpaired) electrons. The van der Waals surface area contributed by atoms with Crippen molar-refractivity contribution in [3.05, 3.63) is 47.6 Å². The van der Waals surface area contributed by atoms with Crippen LogP contribution in [0.25, 0.3) is 5.52 Å². The lowest BCUT2D eigenvalue weighted by atomic mass is 9.97. The summed E-state index contributed by atoms with van der Waals surface area (Å²) in [5, 5.41) is 5.76. The number of pyridine rings is 1. The molecule has 1 aliphatic rings. The Morgan fingerprint density at radius 2 is 2.00 bits per heavy atom. The van der Waals surface area contributed by atoms with Crippen molar-refractivity contribution < 1.29 is 9.59 Å². The number of rotatable bonds is 7. The monoisotopic (exact) mass is 354 g/mol. The third-order valence-corrected chi connectivity index (χ3v) is 4.62. The van der Waals surface area contributed by atoms with Gasteiger partial charge in [-0.2, -0.15) is 0 Å². The van der Waals surface area contributed by atoms with E-state index in [9.17, 15) is 9.59 Å². The van der Waals surface area contributed by atoms with E-state index < -0.39 is 0 Å². The molecule has 2 heterocycles. The number of nitrogens with one attached hydrogen (secondary N) is 2. The molecule has 0 aromatic carbocycles. The fourth-order valence-corrected chi connectivity index (χ4v) is 3.23. The number of allylic oxidation sites excluding steroid dienone is 1. The van der Waals surface area contributed by atoms with Crippen molar-refractivity contribution >= 4 is 17.3 Å². The normalized spacial score (nSPS) is 14.1. The van der Waals surface area contributed by atoms with E-state index in [-0.39, 0.29) is 17.6 Å². The van der Waals surface area contributed by atoms with Crippen molar-refractivity contribution in [3.8, 4) is 0 Å². The smallest absolute Gasteiger partial charge is 0.287 e. The Morgan fingerprint density at radius 3 is 2.77 bits per heavy atom. The summed E-state index contributed by atoms with van der Waals surface area (Å²) in [4.78, 5) is 29.3. The van der Waals surface area contributed by atoms with Gasteiger partial charge >= 0.3 is 0 Å². The summed E-state index contributed by atoms with van der Waals surface area (Å²) < 4.78 is 1.68.